The zero-order valence-electron chi connectivity index (χ0n) is 11.1. The second-order valence-corrected chi connectivity index (χ2v) is 6.74. The summed E-state index contributed by atoms with van der Waals surface area (Å²) in [7, 11) is 0. The Labute approximate surface area is 126 Å². The van der Waals surface area contributed by atoms with E-state index in [2.05, 4.69) is 27.8 Å². The van der Waals surface area contributed by atoms with Crippen LogP contribution in [-0.4, -0.2) is 10.3 Å². The van der Waals surface area contributed by atoms with Gasteiger partial charge in [-0.1, -0.05) is 28.1 Å². The minimum atomic E-state index is -0.160. The molecule has 0 saturated heterocycles. The van der Waals surface area contributed by atoms with Gasteiger partial charge in [0.05, 0.1) is 10.7 Å². The molecular weight excluding hydrogens is 325 g/mol. The zero-order chi connectivity index (χ0) is 13.8. The van der Waals surface area contributed by atoms with Crippen LogP contribution in [0.5, 0.6) is 0 Å². The number of nitrogens with zero attached hydrogens (tertiary/aromatic N) is 1. The van der Waals surface area contributed by atoms with Gasteiger partial charge in [0.2, 0.25) is 0 Å². The summed E-state index contributed by atoms with van der Waals surface area (Å²) in [5, 5.41) is 2.08. The molecular formula is C15H17BrFNS. The number of halogens is 2. The van der Waals surface area contributed by atoms with Crippen molar-refractivity contribution in [3.8, 4) is 0 Å². The SMILES string of the molecule is Cc1nc(CC(CBr)Cc2cccc(F)c2)sc1C. The molecule has 2 aromatic rings. The molecule has 1 aromatic carbocycles. The predicted octanol–water partition coefficient (Wildman–Crippen LogP) is 4.70. The highest BCUT2D eigenvalue weighted by atomic mass is 79.9. The van der Waals surface area contributed by atoms with Crippen molar-refractivity contribution in [3.05, 3.63) is 51.2 Å². The predicted molar refractivity (Wildman–Crippen MR) is 82.7 cm³/mol. The van der Waals surface area contributed by atoms with Crippen molar-refractivity contribution >= 4 is 27.3 Å². The topological polar surface area (TPSA) is 12.9 Å². The van der Waals surface area contributed by atoms with E-state index < -0.39 is 0 Å². The van der Waals surface area contributed by atoms with E-state index in [1.54, 1.807) is 23.5 Å². The minimum Gasteiger partial charge on any atom is -0.246 e. The highest BCUT2D eigenvalue weighted by Gasteiger charge is 2.13. The van der Waals surface area contributed by atoms with Crippen LogP contribution in [0.2, 0.25) is 0 Å². The first kappa shape index (κ1) is 14.7. The van der Waals surface area contributed by atoms with Crippen LogP contribution < -0.4 is 0 Å². The third-order valence-electron chi connectivity index (χ3n) is 3.17. The van der Waals surface area contributed by atoms with E-state index in [1.807, 2.05) is 13.0 Å². The lowest BCUT2D eigenvalue weighted by molar-refractivity contribution is 0.580. The van der Waals surface area contributed by atoms with Gasteiger partial charge in [-0.05, 0) is 43.9 Å². The highest BCUT2D eigenvalue weighted by Crippen LogP contribution is 2.22. The summed E-state index contributed by atoms with van der Waals surface area (Å²) in [6.07, 6.45) is 1.82. The van der Waals surface area contributed by atoms with Gasteiger partial charge in [-0.3, -0.25) is 0 Å². The molecule has 0 aliphatic carbocycles. The Hall–Kier alpha value is -0.740. The zero-order valence-corrected chi connectivity index (χ0v) is 13.5. The Kier molecular flexibility index (Phi) is 5.11. The molecule has 4 heteroatoms. The van der Waals surface area contributed by atoms with Crippen LogP contribution in [0.15, 0.2) is 24.3 Å². The molecule has 19 heavy (non-hydrogen) atoms. The molecule has 102 valence electrons. The number of benzene rings is 1. The maximum Gasteiger partial charge on any atom is 0.123 e. The first-order chi connectivity index (χ1) is 9.08. The summed E-state index contributed by atoms with van der Waals surface area (Å²) in [5.41, 5.74) is 2.17. The van der Waals surface area contributed by atoms with Gasteiger partial charge in [-0.2, -0.15) is 0 Å². The number of alkyl halides is 1. The number of rotatable bonds is 5. The molecule has 2 rings (SSSR count). The van der Waals surface area contributed by atoms with E-state index in [1.165, 1.54) is 16.0 Å². The first-order valence-electron chi connectivity index (χ1n) is 6.31. The fourth-order valence-electron chi connectivity index (χ4n) is 2.05. The van der Waals surface area contributed by atoms with E-state index in [0.717, 1.165) is 29.4 Å². The third-order valence-corrected chi connectivity index (χ3v) is 5.18. The summed E-state index contributed by atoms with van der Waals surface area (Å²) in [4.78, 5) is 5.87. The summed E-state index contributed by atoms with van der Waals surface area (Å²) >= 11 is 5.32. The van der Waals surface area contributed by atoms with Crippen molar-refractivity contribution in [2.45, 2.75) is 26.7 Å². The molecule has 1 aromatic heterocycles. The molecule has 0 saturated carbocycles. The average Bonchev–Trinajstić information content (AvgIpc) is 2.67. The molecule has 0 N–H and O–H groups in total. The molecule has 1 nitrogen and oxygen atoms in total. The van der Waals surface area contributed by atoms with Crippen molar-refractivity contribution in [2.24, 2.45) is 5.92 Å². The van der Waals surface area contributed by atoms with Crippen molar-refractivity contribution in [1.29, 1.82) is 0 Å². The molecule has 0 fully saturated rings. The molecule has 0 bridgehead atoms. The van der Waals surface area contributed by atoms with Crippen LogP contribution >= 0.6 is 27.3 Å². The van der Waals surface area contributed by atoms with Crippen LogP contribution in [0.1, 0.15) is 21.1 Å². The largest absolute Gasteiger partial charge is 0.246 e. The molecule has 0 spiro atoms. The monoisotopic (exact) mass is 341 g/mol. The molecule has 1 unspecified atom stereocenters. The van der Waals surface area contributed by atoms with Crippen LogP contribution in [0, 0.1) is 25.6 Å². The van der Waals surface area contributed by atoms with Crippen LogP contribution in [-0.2, 0) is 12.8 Å². The fraction of sp³-hybridized carbons (Fsp3) is 0.400. The molecule has 0 aliphatic heterocycles. The van der Waals surface area contributed by atoms with Gasteiger partial charge in [-0.25, -0.2) is 9.37 Å². The lowest BCUT2D eigenvalue weighted by Crippen LogP contribution is -2.10. The van der Waals surface area contributed by atoms with Crippen LogP contribution in [0.4, 0.5) is 4.39 Å². The number of hydrogen-bond donors (Lipinski definition) is 0. The quantitative estimate of drug-likeness (QED) is 0.718. The number of thiazole rings is 1. The van der Waals surface area contributed by atoms with E-state index in [-0.39, 0.29) is 5.82 Å². The minimum absolute atomic E-state index is 0.160. The molecule has 0 radical (unpaired) electrons. The van der Waals surface area contributed by atoms with Crippen molar-refractivity contribution in [2.75, 3.05) is 5.33 Å². The standard InChI is InChI=1S/C15H17BrFNS/c1-10-11(2)19-15(18-10)8-13(9-16)6-12-4-3-5-14(17)7-12/h3-5,7,13H,6,8-9H2,1-2H3. The van der Waals surface area contributed by atoms with E-state index in [9.17, 15) is 4.39 Å². The van der Waals surface area contributed by atoms with Gasteiger partial charge in [-0.15, -0.1) is 11.3 Å². The van der Waals surface area contributed by atoms with Crippen LogP contribution in [0.3, 0.4) is 0 Å². The second kappa shape index (κ2) is 6.62. The Bertz CT molecular complexity index is 533. The van der Waals surface area contributed by atoms with Gasteiger partial charge >= 0.3 is 0 Å². The van der Waals surface area contributed by atoms with Gasteiger partial charge < -0.3 is 0 Å². The van der Waals surface area contributed by atoms with Crippen molar-refractivity contribution in [3.63, 3.8) is 0 Å². The van der Waals surface area contributed by atoms with Gasteiger partial charge in [0.1, 0.15) is 5.82 Å². The summed E-state index contributed by atoms with van der Waals surface area (Å²) in [5.74, 6) is 0.290. The fourth-order valence-corrected chi connectivity index (χ4v) is 3.56. The summed E-state index contributed by atoms with van der Waals surface area (Å²) in [6, 6.07) is 6.86. The van der Waals surface area contributed by atoms with Crippen LogP contribution in [0.25, 0.3) is 0 Å². The maximum absolute atomic E-state index is 13.2. The maximum atomic E-state index is 13.2. The van der Waals surface area contributed by atoms with E-state index in [4.69, 9.17) is 0 Å². The van der Waals surface area contributed by atoms with Gasteiger partial charge in [0.25, 0.3) is 0 Å². The number of aryl methyl sites for hydroxylation is 2. The van der Waals surface area contributed by atoms with E-state index in [0.29, 0.717) is 5.92 Å². The van der Waals surface area contributed by atoms with Crippen molar-refractivity contribution < 1.29 is 4.39 Å². The molecule has 0 aliphatic rings. The molecule has 0 amide bonds. The summed E-state index contributed by atoms with van der Waals surface area (Å²) in [6.45, 7) is 4.15. The third kappa shape index (κ3) is 4.11. The Morgan fingerprint density at radius 1 is 1.32 bits per heavy atom. The Morgan fingerprint density at radius 3 is 2.68 bits per heavy atom. The Morgan fingerprint density at radius 2 is 2.11 bits per heavy atom. The second-order valence-electron chi connectivity index (χ2n) is 4.81. The number of aromatic nitrogens is 1. The Balaban J connectivity index is 2.04. The molecule has 1 heterocycles. The first-order valence-corrected chi connectivity index (χ1v) is 8.25. The smallest absolute Gasteiger partial charge is 0.123 e. The average molecular weight is 342 g/mol. The lowest BCUT2D eigenvalue weighted by Gasteiger charge is -2.12. The summed E-state index contributed by atoms with van der Waals surface area (Å²) < 4.78 is 13.2. The van der Waals surface area contributed by atoms with Gasteiger partial charge in [0, 0.05) is 16.6 Å². The normalized spacial score (nSPS) is 12.6. The number of hydrogen-bond acceptors (Lipinski definition) is 2. The lowest BCUT2D eigenvalue weighted by atomic mass is 9.98. The highest BCUT2D eigenvalue weighted by molar-refractivity contribution is 9.09. The van der Waals surface area contributed by atoms with E-state index >= 15 is 0 Å². The molecule has 1 atom stereocenters. The van der Waals surface area contributed by atoms with Gasteiger partial charge in [0.15, 0.2) is 0 Å². The van der Waals surface area contributed by atoms with Crippen molar-refractivity contribution in [1.82, 2.24) is 4.98 Å².